The van der Waals surface area contributed by atoms with E-state index in [4.69, 9.17) is 0 Å². The Morgan fingerprint density at radius 3 is 1.90 bits per heavy atom. The van der Waals surface area contributed by atoms with Gasteiger partial charge in [0.15, 0.2) is 11.5 Å². The highest BCUT2D eigenvalue weighted by molar-refractivity contribution is 6.35. The number of rotatable bonds is 1. The van der Waals surface area contributed by atoms with E-state index in [1.165, 1.54) is 24.3 Å². The average molecular weight is 294 g/mol. The molecule has 0 saturated carbocycles. The fraction of sp³-hybridized carbons (Fsp3) is 0. The molecule has 0 aromatic heterocycles. The molecule has 0 radical (unpaired) electrons. The molecule has 2 rings (SSSR count). The van der Waals surface area contributed by atoms with Gasteiger partial charge < -0.3 is 21.0 Å². The van der Waals surface area contributed by atoms with Gasteiger partial charge >= 0.3 is 0 Å². The number of amides is 1. The minimum absolute atomic E-state index is 0.184. The van der Waals surface area contributed by atoms with Crippen LogP contribution in [0, 0.1) is 11.6 Å². The van der Waals surface area contributed by atoms with Crippen LogP contribution in [0.25, 0.3) is 0 Å². The number of hydrogen-bond donors (Lipinski definition) is 2. The molecule has 0 aliphatic heterocycles. The second-order valence-electron chi connectivity index (χ2n) is 3.81. The normalized spacial score (nSPS) is 9.29. The maximum Gasteiger partial charge on any atom is 0.271 e. The second-order valence-corrected chi connectivity index (χ2v) is 3.81. The van der Waals surface area contributed by atoms with E-state index in [1.54, 1.807) is 18.2 Å². The van der Waals surface area contributed by atoms with Crippen LogP contribution in [0.2, 0.25) is 0 Å². The zero-order chi connectivity index (χ0) is 15.8. The molecule has 7 heteroatoms. The van der Waals surface area contributed by atoms with Gasteiger partial charge in [-0.3, -0.25) is 4.79 Å². The highest BCUT2D eigenvalue weighted by Gasteiger charge is 2.05. The number of aliphatic carboxylic acids is 1. The molecule has 1 amide bonds. The average Bonchev–Trinajstić information content (AvgIpc) is 2.45. The van der Waals surface area contributed by atoms with Gasteiger partial charge in [0.1, 0.15) is 11.8 Å². The number of carbonyl (C=O) groups excluding carboxylic acids is 2. The van der Waals surface area contributed by atoms with E-state index in [-0.39, 0.29) is 11.5 Å². The summed E-state index contributed by atoms with van der Waals surface area (Å²) < 4.78 is 25.0. The number of quaternary nitrogens is 1. The number of carbonyl (C=O) groups is 2. The summed E-state index contributed by atoms with van der Waals surface area (Å²) in [5.74, 6) is -4.21. The summed E-state index contributed by atoms with van der Waals surface area (Å²) in [6.45, 7) is 0. The van der Waals surface area contributed by atoms with Crippen molar-refractivity contribution in [3.8, 4) is 0 Å². The van der Waals surface area contributed by atoms with E-state index >= 15 is 0 Å². The van der Waals surface area contributed by atoms with Crippen molar-refractivity contribution in [2.75, 3.05) is 5.32 Å². The van der Waals surface area contributed by atoms with Gasteiger partial charge in [-0.15, -0.1) is 0 Å². The van der Waals surface area contributed by atoms with Gasteiger partial charge in [-0.1, -0.05) is 24.3 Å². The van der Waals surface area contributed by atoms with E-state index in [2.05, 4.69) is 5.73 Å². The minimum Gasteiger partial charge on any atom is -0.540 e. The van der Waals surface area contributed by atoms with Crippen molar-refractivity contribution in [1.82, 2.24) is 0 Å². The first-order chi connectivity index (χ1) is 9.91. The van der Waals surface area contributed by atoms with Crippen molar-refractivity contribution in [3.63, 3.8) is 0 Å². The maximum atomic E-state index is 12.8. The predicted octanol–water partition coefficient (Wildman–Crippen LogP) is 0.213. The Kier molecular flexibility index (Phi) is 5.97. The van der Waals surface area contributed by atoms with Gasteiger partial charge in [-0.2, -0.15) is 0 Å². The number of anilines is 1. The van der Waals surface area contributed by atoms with Gasteiger partial charge in [0, 0.05) is 6.07 Å². The van der Waals surface area contributed by atoms with E-state index in [0.717, 1.165) is 6.07 Å². The summed E-state index contributed by atoms with van der Waals surface area (Å²) in [4.78, 5) is 20.5. The van der Waals surface area contributed by atoms with Crippen LogP contribution in [-0.4, -0.2) is 11.9 Å². The number of benzene rings is 2. The van der Waals surface area contributed by atoms with Crippen LogP contribution >= 0.6 is 0 Å². The lowest BCUT2D eigenvalue weighted by molar-refractivity contribution is -0.299. The van der Waals surface area contributed by atoms with Crippen LogP contribution in [0.4, 0.5) is 20.2 Å². The quantitative estimate of drug-likeness (QED) is 0.736. The number of para-hydroxylation sites is 1. The van der Waals surface area contributed by atoms with Crippen LogP contribution in [0.15, 0.2) is 48.5 Å². The maximum absolute atomic E-state index is 12.8. The Morgan fingerprint density at radius 2 is 1.48 bits per heavy atom. The Labute approximate surface area is 119 Å². The molecular weight excluding hydrogens is 282 g/mol. The molecule has 0 unspecified atom stereocenters. The first-order valence-electron chi connectivity index (χ1n) is 5.75. The molecule has 4 N–H and O–H groups in total. The first-order valence-corrected chi connectivity index (χ1v) is 5.75. The summed E-state index contributed by atoms with van der Waals surface area (Å²) >= 11 is 0. The molecule has 0 bridgehead atoms. The molecule has 0 atom stereocenters. The van der Waals surface area contributed by atoms with Gasteiger partial charge in [-0.25, -0.2) is 8.78 Å². The summed E-state index contributed by atoms with van der Waals surface area (Å²) in [5, 5.41) is 11.8. The third kappa shape index (κ3) is 5.37. The fourth-order valence-electron chi connectivity index (χ4n) is 1.23. The van der Waals surface area contributed by atoms with Crippen molar-refractivity contribution in [2.45, 2.75) is 0 Å². The van der Waals surface area contributed by atoms with E-state index < -0.39 is 17.7 Å². The first kappa shape index (κ1) is 16.3. The topological polar surface area (TPSA) is 96.9 Å². The van der Waals surface area contributed by atoms with Crippen molar-refractivity contribution in [2.24, 2.45) is 0 Å². The zero-order valence-electron chi connectivity index (χ0n) is 10.8. The summed E-state index contributed by atoms with van der Waals surface area (Å²) in [6.07, 6.45) is 0. The molecule has 5 nitrogen and oxygen atoms in total. The van der Waals surface area contributed by atoms with Crippen LogP contribution in [0.5, 0.6) is 0 Å². The molecule has 0 spiro atoms. The number of halogens is 2. The second kappa shape index (κ2) is 7.71. The Hall–Kier alpha value is -2.80. The van der Waals surface area contributed by atoms with Crippen molar-refractivity contribution in [3.05, 3.63) is 60.2 Å². The lowest BCUT2D eigenvalue weighted by atomic mass is 10.3. The molecule has 0 fully saturated rings. The van der Waals surface area contributed by atoms with Crippen molar-refractivity contribution in [1.29, 1.82) is 0 Å². The molecule has 0 aliphatic rings. The standard InChI is InChI=1S/C8H6FNO3.C6H6FN/c9-5-3-1-2-4-6(5)10-7(11)8(12)13;7-5-3-1-2-4-6(5)8/h1-4H,(H,10,11)(H,12,13);1-4H,8H2. The Balaban J connectivity index is 0.000000235. The van der Waals surface area contributed by atoms with Crippen molar-refractivity contribution >= 4 is 23.3 Å². The zero-order valence-corrected chi connectivity index (χ0v) is 10.8. The monoisotopic (exact) mass is 294 g/mol. The third-order valence-electron chi connectivity index (χ3n) is 2.27. The van der Waals surface area contributed by atoms with E-state index in [9.17, 15) is 23.5 Å². The summed E-state index contributed by atoms with van der Waals surface area (Å²) in [6, 6.07) is 11.7. The summed E-state index contributed by atoms with van der Waals surface area (Å²) in [7, 11) is 0. The highest BCUT2D eigenvalue weighted by Crippen LogP contribution is 2.11. The molecular formula is C14H12F2N2O3. The molecule has 0 aliphatic carbocycles. The van der Waals surface area contributed by atoms with E-state index in [0.29, 0.717) is 5.69 Å². The molecule has 0 heterocycles. The van der Waals surface area contributed by atoms with Crippen LogP contribution in [0.3, 0.4) is 0 Å². The lowest BCUT2D eigenvalue weighted by Crippen LogP contribution is -2.41. The van der Waals surface area contributed by atoms with E-state index in [1.807, 2.05) is 5.32 Å². The predicted molar refractivity (Wildman–Crippen MR) is 69.0 cm³/mol. The lowest BCUT2D eigenvalue weighted by Gasteiger charge is -2.05. The number of nitrogens with one attached hydrogen (secondary N) is 1. The minimum atomic E-state index is -1.90. The molecule has 2 aromatic carbocycles. The van der Waals surface area contributed by atoms with Crippen molar-refractivity contribution < 1.29 is 29.2 Å². The smallest absolute Gasteiger partial charge is 0.271 e. The molecule has 110 valence electrons. The third-order valence-corrected chi connectivity index (χ3v) is 2.27. The van der Waals surface area contributed by atoms with Crippen LogP contribution in [-0.2, 0) is 9.59 Å². The van der Waals surface area contributed by atoms with Gasteiger partial charge in [0.2, 0.25) is 0 Å². The van der Waals surface area contributed by atoms with Crippen LogP contribution < -0.4 is 16.2 Å². The highest BCUT2D eigenvalue weighted by atomic mass is 19.1. The van der Waals surface area contributed by atoms with Gasteiger partial charge in [0.05, 0.1) is 5.69 Å². The number of hydrogen-bond acceptors (Lipinski definition) is 3. The fourth-order valence-corrected chi connectivity index (χ4v) is 1.23. The van der Waals surface area contributed by atoms with Gasteiger partial charge in [0.25, 0.3) is 5.91 Å². The Bertz CT molecular complexity index is 627. The Morgan fingerprint density at radius 1 is 0.952 bits per heavy atom. The largest absolute Gasteiger partial charge is 0.540 e. The van der Waals surface area contributed by atoms with Crippen LogP contribution in [0.1, 0.15) is 0 Å². The SMILES string of the molecule is O=C([O-])C(=O)Nc1ccccc1F.[NH3+]c1ccccc1F. The number of carboxylic acid groups (broad SMARTS) is 1. The van der Waals surface area contributed by atoms with Gasteiger partial charge in [-0.05, 0) is 18.2 Å². The molecule has 21 heavy (non-hydrogen) atoms. The summed E-state index contributed by atoms with van der Waals surface area (Å²) in [5.41, 5.74) is 3.71. The molecule has 0 saturated heterocycles. The number of carboxylic acids is 1. The molecule has 2 aromatic rings.